The van der Waals surface area contributed by atoms with E-state index in [1.165, 1.54) is 25.3 Å². The van der Waals surface area contributed by atoms with Gasteiger partial charge in [0.25, 0.3) is 5.69 Å². The van der Waals surface area contributed by atoms with Crippen LogP contribution < -0.4 is 4.90 Å². The van der Waals surface area contributed by atoms with E-state index in [0.717, 1.165) is 4.90 Å². The van der Waals surface area contributed by atoms with Crippen molar-refractivity contribution in [1.82, 2.24) is 0 Å². The summed E-state index contributed by atoms with van der Waals surface area (Å²) in [5.74, 6) is -0.591. The van der Waals surface area contributed by atoms with E-state index in [-0.39, 0.29) is 11.3 Å². The summed E-state index contributed by atoms with van der Waals surface area (Å²) < 4.78 is 4.53. The van der Waals surface area contributed by atoms with E-state index in [2.05, 4.69) is 4.74 Å². The highest BCUT2D eigenvalue weighted by Gasteiger charge is 2.16. The second kappa shape index (κ2) is 5.92. The van der Waals surface area contributed by atoms with Crippen LogP contribution in [0.1, 0.15) is 15.9 Å². The van der Waals surface area contributed by atoms with Gasteiger partial charge in [-0.3, -0.25) is 10.1 Å². The van der Waals surface area contributed by atoms with Crippen molar-refractivity contribution < 1.29 is 19.4 Å². The molecular weight excluding hydrogens is 236 g/mol. The highest BCUT2D eigenvalue weighted by Crippen LogP contribution is 2.21. The average molecular weight is 251 g/mol. The number of benzene rings is 1. The Morgan fingerprint density at radius 3 is 2.61 bits per heavy atom. The summed E-state index contributed by atoms with van der Waals surface area (Å²) in [5.41, 5.74) is 0.503. The third-order valence-corrected chi connectivity index (χ3v) is 2.24. The molecule has 0 aliphatic rings. The minimum Gasteiger partial charge on any atom is -0.465 e. The molecule has 0 fully saturated rings. The first-order valence-corrected chi connectivity index (χ1v) is 5.30. The number of nitro groups is 1. The number of esters is 1. The highest BCUT2D eigenvalue weighted by molar-refractivity contribution is 5.90. The molecule has 6 heteroatoms. The Bertz CT molecular complexity index is 495. The van der Waals surface area contributed by atoms with Crippen LogP contribution in [-0.4, -0.2) is 32.1 Å². The molecule has 0 atom stereocenters. The molecule has 0 bridgehead atoms. The van der Waals surface area contributed by atoms with Gasteiger partial charge in [0.05, 0.1) is 43.5 Å². The fourth-order valence-electron chi connectivity index (χ4n) is 1.34. The summed E-state index contributed by atoms with van der Waals surface area (Å²) in [7, 11) is 5.02. The number of rotatable bonds is 4. The second-order valence-electron chi connectivity index (χ2n) is 3.93. The predicted octanol–water partition coefficient (Wildman–Crippen LogP) is 0.497. The number of nitrogens with one attached hydrogen (secondary N) is 1. The topological polar surface area (TPSA) is 73.9 Å². The number of ether oxygens (including phenoxy) is 1. The van der Waals surface area contributed by atoms with Gasteiger partial charge in [-0.05, 0) is 12.1 Å². The average Bonchev–Trinajstić information content (AvgIpc) is 2.34. The Balaban J connectivity index is 3.21. The van der Waals surface area contributed by atoms with Crippen LogP contribution in [0.5, 0.6) is 0 Å². The normalized spacial score (nSPS) is 10.9. The third-order valence-electron chi connectivity index (χ3n) is 2.24. The van der Waals surface area contributed by atoms with Crippen molar-refractivity contribution >= 4 is 17.7 Å². The van der Waals surface area contributed by atoms with E-state index in [1.807, 2.05) is 14.1 Å². The number of nitrogens with zero attached hydrogens (tertiary/aromatic N) is 1. The van der Waals surface area contributed by atoms with Crippen LogP contribution in [0.4, 0.5) is 5.69 Å². The number of quaternary nitrogens is 1. The number of carbonyl (C=O) groups excluding carboxylic acids is 1. The molecule has 0 saturated carbocycles. The Morgan fingerprint density at radius 2 is 2.11 bits per heavy atom. The van der Waals surface area contributed by atoms with Crippen molar-refractivity contribution in [3.63, 3.8) is 0 Å². The van der Waals surface area contributed by atoms with Crippen molar-refractivity contribution in [2.24, 2.45) is 0 Å². The molecule has 0 heterocycles. The summed E-state index contributed by atoms with van der Waals surface area (Å²) in [6.07, 6.45) is 3.43. The number of nitro benzene ring substituents is 1. The van der Waals surface area contributed by atoms with Gasteiger partial charge in [-0.25, -0.2) is 4.79 Å². The predicted molar refractivity (Wildman–Crippen MR) is 66.3 cm³/mol. The Kier molecular flexibility index (Phi) is 4.56. The number of methoxy groups -OCH3 is 1. The van der Waals surface area contributed by atoms with Crippen molar-refractivity contribution in [2.75, 3.05) is 21.2 Å². The number of hydrogen-bond donors (Lipinski definition) is 1. The minimum atomic E-state index is -0.591. The molecule has 0 aliphatic heterocycles. The van der Waals surface area contributed by atoms with E-state index in [9.17, 15) is 14.9 Å². The first-order chi connectivity index (χ1) is 8.45. The molecule has 1 rings (SSSR count). The summed E-state index contributed by atoms with van der Waals surface area (Å²) >= 11 is 0. The maximum absolute atomic E-state index is 11.3. The molecule has 1 aromatic rings. The summed E-state index contributed by atoms with van der Waals surface area (Å²) in [6.45, 7) is 0. The van der Waals surface area contributed by atoms with Crippen LogP contribution in [-0.2, 0) is 4.74 Å². The van der Waals surface area contributed by atoms with Gasteiger partial charge < -0.3 is 9.64 Å². The molecule has 6 nitrogen and oxygen atoms in total. The van der Waals surface area contributed by atoms with E-state index in [0.29, 0.717) is 5.56 Å². The first-order valence-electron chi connectivity index (χ1n) is 5.30. The van der Waals surface area contributed by atoms with Crippen LogP contribution in [0.25, 0.3) is 6.08 Å². The SMILES string of the molecule is COC(=O)c1ccc(/C=C/[NH+](C)C)c([N+](=O)[O-])c1. The lowest BCUT2D eigenvalue weighted by molar-refractivity contribution is -0.800. The molecular formula is C12H15N2O4+. The lowest BCUT2D eigenvalue weighted by Gasteiger charge is -2.02. The maximum atomic E-state index is 11.3. The van der Waals surface area contributed by atoms with Crippen molar-refractivity contribution in [2.45, 2.75) is 0 Å². The highest BCUT2D eigenvalue weighted by atomic mass is 16.6. The number of hydrogen-bond acceptors (Lipinski definition) is 4. The zero-order chi connectivity index (χ0) is 13.7. The van der Waals surface area contributed by atoms with E-state index >= 15 is 0 Å². The first kappa shape index (κ1) is 13.9. The van der Waals surface area contributed by atoms with Crippen molar-refractivity contribution in [3.05, 3.63) is 45.6 Å². The second-order valence-corrected chi connectivity index (χ2v) is 3.93. The monoisotopic (exact) mass is 251 g/mol. The van der Waals surface area contributed by atoms with Gasteiger partial charge in [0.2, 0.25) is 0 Å². The smallest absolute Gasteiger partial charge is 0.338 e. The van der Waals surface area contributed by atoms with Crippen molar-refractivity contribution in [3.8, 4) is 0 Å². The molecule has 0 aliphatic carbocycles. The van der Waals surface area contributed by atoms with E-state index in [1.54, 1.807) is 12.3 Å². The Hall–Kier alpha value is -2.21. The fourth-order valence-corrected chi connectivity index (χ4v) is 1.34. The van der Waals surface area contributed by atoms with Crippen molar-refractivity contribution in [1.29, 1.82) is 0 Å². The van der Waals surface area contributed by atoms with E-state index < -0.39 is 10.9 Å². The van der Waals surface area contributed by atoms with Crippen LogP contribution in [0.3, 0.4) is 0 Å². The fraction of sp³-hybridized carbons (Fsp3) is 0.250. The molecule has 1 aromatic carbocycles. The van der Waals surface area contributed by atoms with Gasteiger partial charge in [-0.15, -0.1) is 0 Å². The Morgan fingerprint density at radius 1 is 1.44 bits per heavy atom. The van der Waals surface area contributed by atoms with E-state index in [4.69, 9.17) is 0 Å². The molecule has 0 aromatic heterocycles. The number of carbonyl (C=O) groups is 1. The lowest BCUT2D eigenvalue weighted by atomic mass is 10.1. The Labute approximate surface area is 105 Å². The van der Waals surface area contributed by atoms with Crippen LogP contribution in [0, 0.1) is 10.1 Å². The molecule has 0 saturated heterocycles. The summed E-state index contributed by atoms with van der Waals surface area (Å²) in [5, 5.41) is 10.9. The van der Waals surface area contributed by atoms with Gasteiger partial charge in [-0.1, -0.05) is 0 Å². The quantitative estimate of drug-likeness (QED) is 0.480. The van der Waals surface area contributed by atoms with Gasteiger partial charge in [0.15, 0.2) is 0 Å². The van der Waals surface area contributed by atoms with Gasteiger partial charge >= 0.3 is 5.97 Å². The molecule has 0 unspecified atom stereocenters. The van der Waals surface area contributed by atoms with Gasteiger partial charge in [0, 0.05) is 12.1 Å². The third kappa shape index (κ3) is 3.39. The largest absolute Gasteiger partial charge is 0.465 e. The zero-order valence-electron chi connectivity index (χ0n) is 10.5. The lowest BCUT2D eigenvalue weighted by Crippen LogP contribution is -3.00. The van der Waals surface area contributed by atoms with Crippen LogP contribution in [0.15, 0.2) is 24.4 Å². The summed E-state index contributed by atoms with van der Waals surface area (Å²) in [4.78, 5) is 22.8. The molecule has 0 spiro atoms. The van der Waals surface area contributed by atoms with Gasteiger partial charge in [-0.2, -0.15) is 0 Å². The zero-order valence-corrected chi connectivity index (χ0v) is 10.5. The van der Waals surface area contributed by atoms with Crippen LogP contribution in [0.2, 0.25) is 0 Å². The standard InChI is InChI=1S/C12H14N2O4/c1-13(2)7-6-9-4-5-10(12(15)18-3)8-11(9)14(16)17/h4-8H,1-3H3/p+1/b7-6+. The van der Waals surface area contributed by atoms with Crippen LogP contribution >= 0.6 is 0 Å². The summed E-state index contributed by atoms with van der Waals surface area (Å²) in [6, 6.07) is 4.25. The maximum Gasteiger partial charge on any atom is 0.338 e. The molecule has 0 amide bonds. The minimum absolute atomic E-state index is 0.115. The molecule has 1 N–H and O–H groups in total. The molecule has 96 valence electrons. The molecule has 18 heavy (non-hydrogen) atoms. The molecule has 0 radical (unpaired) electrons. The van der Waals surface area contributed by atoms with Gasteiger partial charge in [0.1, 0.15) is 0 Å².